The second-order valence-electron chi connectivity index (χ2n) is 3.37. The highest BCUT2D eigenvalue weighted by Gasteiger charge is 2.36. The van der Waals surface area contributed by atoms with Gasteiger partial charge in [-0.15, -0.1) is 0 Å². The molecule has 7 nitrogen and oxygen atoms in total. The molecule has 0 aromatic rings. The Kier molecular flexibility index (Phi) is 2.82. The van der Waals surface area contributed by atoms with Crippen LogP contribution >= 0.6 is 0 Å². The summed E-state index contributed by atoms with van der Waals surface area (Å²) in [4.78, 5) is 30.5. The Hall–Kier alpha value is -1.63. The molecule has 15 heavy (non-hydrogen) atoms. The van der Waals surface area contributed by atoms with Crippen LogP contribution in [0.15, 0.2) is 9.98 Å². The summed E-state index contributed by atoms with van der Waals surface area (Å²) in [5.74, 6) is -0.260. The Balaban J connectivity index is 1.74. The van der Waals surface area contributed by atoms with E-state index in [1.807, 2.05) is 0 Å². The average Bonchev–Trinajstić information content (AvgIpc) is 3.10. The number of carbonyl (C=O) groups excluding carboxylic acids is 1. The maximum Gasteiger partial charge on any atom is 0.269 e. The van der Waals surface area contributed by atoms with Crippen LogP contribution in [0.1, 0.15) is 0 Å². The first kappa shape index (κ1) is 9.91. The first-order valence-corrected chi connectivity index (χ1v) is 4.74. The molecule has 1 saturated heterocycles. The fourth-order valence-corrected chi connectivity index (χ4v) is 1.19. The SMILES string of the molecule is O=C(NC[N+](=O)C1CN1)C1CN=CC=N1. The Bertz CT molecular complexity index is 334. The molecule has 0 saturated carbocycles. The average molecular weight is 210 g/mol. The predicted octanol–water partition coefficient (Wildman–Crippen LogP) is -1.71. The molecule has 0 spiro atoms. The van der Waals surface area contributed by atoms with Crippen LogP contribution in [0, 0.1) is 4.91 Å². The van der Waals surface area contributed by atoms with Gasteiger partial charge in [-0.3, -0.25) is 20.1 Å². The number of nitroso groups, excluding NO2 is 1. The van der Waals surface area contributed by atoms with E-state index in [2.05, 4.69) is 20.6 Å². The summed E-state index contributed by atoms with van der Waals surface area (Å²) in [5, 5.41) is 5.37. The topological polar surface area (TPSA) is 95.8 Å². The van der Waals surface area contributed by atoms with Gasteiger partial charge in [0, 0.05) is 22.1 Å². The normalized spacial score (nSPS) is 27.5. The largest absolute Gasteiger partial charge is 0.296 e. The van der Waals surface area contributed by atoms with Crippen molar-refractivity contribution >= 4 is 18.3 Å². The minimum absolute atomic E-state index is 0.00770. The van der Waals surface area contributed by atoms with Crippen LogP contribution in [0.25, 0.3) is 0 Å². The van der Waals surface area contributed by atoms with E-state index in [1.54, 1.807) is 6.21 Å². The van der Waals surface area contributed by atoms with Gasteiger partial charge in [0.25, 0.3) is 18.7 Å². The fraction of sp³-hybridized carbons (Fsp3) is 0.625. The molecule has 0 radical (unpaired) electrons. The Morgan fingerprint density at radius 2 is 2.40 bits per heavy atom. The van der Waals surface area contributed by atoms with Gasteiger partial charge in [-0.25, -0.2) is 5.32 Å². The van der Waals surface area contributed by atoms with Crippen LogP contribution in [-0.2, 0) is 4.79 Å². The molecule has 2 aliphatic rings. The van der Waals surface area contributed by atoms with Crippen LogP contribution in [0.4, 0.5) is 0 Å². The number of rotatable bonds is 4. The molecule has 0 aliphatic carbocycles. The van der Waals surface area contributed by atoms with E-state index in [1.165, 1.54) is 6.21 Å². The number of hydrogen-bond acceptors (Lipinski definition) is 5. The number of carbonyl (C=O) groups is 1. The van der Waals surface area contributed by atoms with Crippen LogP contribution in [0.2, 0.25) is 0 Å². The summed E-state index contributed by atoms with van der Waals surface area (Å²) >= 11 is 0. The molecule has 2 aliphatic heterocycles. The van der Waals surface area contributed by atoms with Crippen LogP contribution in [-0.4, -0.2) is 55.1 Å². The third-order valence-electron chi connectivity index (χ3n) is 2.16. The standard InChI is InChI=1S/C8H11N5O2/c14-8(6-3-9-1-2-10-6)12-5-13(15)7-4-11-7/h1-2,6-7,11H,3-5H2/p+1. The number of aliphatic imine (C=N–C) groups is 2. The van der Waals surface area contributed by atoms with Crippen molar-refractivity contribution in [3.8, 4) is 0 Å². The number of amides is 1. The second kappa shape index (κ2) is 4.26. The van der Waals surface area contributed by atoms with E-state index >= 15 is 0 Å². The van der Waals surface area contributed by atoms with Crippen molar-refractivity contribution in [1.82, 2.24) is 10.6 Å². The number of hydrogen-bond donors (Lipinski definition) is 2. The van der Waals surface area contributed by atoms with Gasteiger partial charge in [-0.1, -0.05) is 0 Å². The predicted molar refractivity (Wildman–Crippen MR) is 54.1 cm³/mol. The van der Waals surface area contributed by atoms with E-state index in [-0.39, 0.29) is 18.7 Å². The quantitative estimate of drug-likeness (QED) is 0.328. The summed E-state index contributed by atoms with van der Waals surface area (Å²) in [6, 6.07) is -0.490. The van der Waals surface area contributed by atoms with Crippen LogP contribution in [0.5, 0.6) is 0 Å². The molecule has 2 heterocycles. The highest BCUT2D eigenvalue weighted by atomic mass is 16.3. The third kappa shape index (κ3) is 2.66. The van der Waals surface area contributed by atoms with Gasteiger partial charge in [-0.05, 0) is 0 Å². The van der Waals surface area contributed by atoms with Gasteiger partial charge >= 0.3 is 0 Å². The van der Waals surface area contributed by atoms with Gasteiger partial charge in [0.1, 0.15) is 6.04 Å². The lowest BCUT2D eigenvalue weighted by Crippen LogP contribution is -2.40. The molecule has 2 unspecified atom stereocenters. The van der Waals surface area contributed by atoms with Crippen molar-refractivity contribution in [2.75, 3.05) is 19.8 Å². The number of nitrogens with one attached hydrogen (secondary N) is 2. The molecule has 1 fully saturated rings. The van der Waals surface area contributed by atoms with E-state index in [9.17, 15) is 9.70 Å². The lowest BCUT2D eigenvalue weighted by atomic mass is 10.3. The van der Waals surface area contributed by atoms with Gasteiger partial charge in [0.2, 0.25) is 0 Å². The van der Waals surface area contributed by atoms with Gasteiger partial charge < -0.3 is 0 Å². The lowest BCUT2D eigenvalue weighted by molar-refractivity contribution is -0.566. The zero-order valence-electron chi connectivity index (χ0n) is 8.09. The zero-order chi connectivity index (χ0) is 10.7. The minimum atomic E-state index is -0.490. The highest BCUT2D eigenvalue weighted by Crippen LogP contribution is 1.98. The first-order chi connectivity index (χ1) is 7.27. The smallest absolute Gasteiger partial charge is 0.269 e. The summed E-state index contributed by atoms with van der Waals surface area (Å²) in [6.45, 7) is 1.03. The fourth-order valence-electron chi connectivity index (χ4n) is 1.19. The van der Waals surface area contributed by atoms with Crippen molar-refractivity contribution in [2.24, 2.45) is 9.98 Å². The minimum Gasteiger partial charge on any atom is -0.296 e. The summed E-state index contributed by atoms with van der Waals surface area (Å²) in [7, 11) is 0. The monoisotopic (exact) mass is 210 g/mol. The maximum atomic E-state index is 11.5. The lowest BCUT2D eigenvalue weighted by Gasteiger charge is -2.09. The molecule has 80 valence electrons. The zero-order valence-corrected chi connectivity index (χ0v) is 8.09. The molecular weight excluding hydrogens is 198 g/mol. The van der Waals surface area contributed by atoms with Gasteiger partial charge in [0.05, 0.1) is 13.1 Å². The van der Waals surface area contributed by atoms with Crippen LogP contribution in [0.3, 0.4) is 0 Å². The van der Waals surface area contributed by atoms with Crippen molar-refractivity contribution in [3.63, 3.8) is 0 Å². The van der Waals surface area contributed by atoms with E-state index in [0.717, 1.165) is 4.76 Å². The molecule has 0 aromatic heterocycles. The Labute approximate surface area is 86.2 Å². The number of nitrogens with zero attached hydrogens (tertiary/aromatic N) is 3. The van der Waals surface area contributed by atoms with Crippen molar-refractivity contribution in [2.45, 2.75) is 12.2 Å². The molecule has 1 amide bonds. The second-order valence-corrected chi connectivity index (χ2v) is 3.37. The van der Waals surface area contributed by atoms with Crippen molar-refractivity contribution in [1.29, 1.82) is 0 Å². The third-order valence-corrected chi connectivity index (χ3v) is 2.16. The molecule has 7 heteroatoms. The summed E-state index contributed by atoms with van der Waals surface area (Å²) in [6.07, 6.45) is 2.90. The Morgan fingerprint density at radius 1 is 1.60 bits per heavy atom. The summed E-state index contributed by atoms with van der Waals surface area (Å²) < 4.78 is 0.799. The molecule has 2 rings (SSSR count). The van der Waals surface area contributed by atoms with E-state index in [0.29, 0.717) is 13.1 Å². The van der Waals surface area contributed by atoms with Crippen LogP contribution < -0.4 is 10.6 Å². The molecule has 0 aromatic carbocycles. The van der Waals surface area contributed by atoms with Crippen molar-refractivity contribution in [3.05, 3.63) is 4.91 Å². The summed E-state index contributed by atoms with van der Waals surface area (Å²) in [5.41, 5.74) is 0. The van der Waals surface area contributed by atoms with E-state index in [4.69, 9.17) is 0 Å². The molecule has 0 bridgehead atoms. The van der Waals surface area contributed by atoms with Gasteiger partial charge in [-0.2, -0.15) is 0 Å². The molecular formula is C8H12N5O2+. The van der Waals surface area contributed by atoms with E-state index < -0.39 is 6.04 Å². The van der Waals surface area contributed by atoms with Crippen molar-refractivity contribution < 1.29 is 9.55 Å². The Morgan fingerprint density at radius 3 is 3.00 bits per heavy atom. The first-order valence-electron chi connectivity index (χ1n) is 4.74. The van der Waals surface area contributed by atoms with Gasteiger partial charge in [0.15, 0.2) is 0 Å². The molecule has 2 atom stereocenters. The highest BCUT2D eigenvalue weighted by molar-refractivity contribution is 6.17. The maximum absolute atomic E-state index is 11.5. The molecule has 2 N–H and O–H groups in total.